The minimum Gasteiger partial charge on any atom is -0.450 e. The van der Waals surface area contributed by atoms with Gasteiger partial charge in [0.05, 0.1) is 93.6 Å². The monoisotopic (exact) mass is 1970 g/mol. The summed E-state index contributed by atoms with van der Waals surface area (Å²) in [5.74, 6) is -1.68. The average molecular weight is 1970 g/mol. The number of hydrogen-bond acceptors (Lipinski definition) is 25. The Morgan fingerprint density at radius 2 is 0.574 bits per heavy atom. The number of ether oxygens (including phenoxy) is 17. The van der Waals surface area contributed by atoms with E-state index in [2.05, 4.69) is 30.2 Å². The second-order valence-corrected chi connectivity index (χ2v) is 44.5. The number of esters is 2. The van der Waals surface area contributed by atoms with E-state index in [1.807, 2.05) is 256 Å². The molecule has 4 saturated heterocycles. The number of aliphatic hydroxyl groups excluding tert-OH is 1. The highest BCUT2D eigenvalue weighted by atomic mass is 32.2. The van der Waals surface area contributed by atoms with E-state index >= 15 is 26.4 Å². The molecule has 27 nitrogen and oxygen atoms in total. The third kappa shape index (κ3) is 27.9. The van der Waals surface area contributed by atoms with E-state index in [1.54, 1.807) is 97.1 Å². The standard InChI is InChI=1S/C111H120N2O25S2Si/c1-111(2,3)141(4,5)138-107-93(113-140(119,120)88-64-40-17-41-65-88)98(125-71-81-50-26-10-27-51-81)95(91(131-107)76-122-68-78-44-20-7-21-45-78)134-106-92(112-139(117,118)87-62-38-16-39-63-87)97(124-70-80-48-24-9-25-49-80)96(90(130-106)75-121-67-77-42-18-6-19-43-77)135-109-101(127-73-83-54-30-12-31-55-83)100(94(89(66-114)129-109)123-69-79-46-22-8-23-47-79)136-110-103(133-105(116)86-60-36-15-37-61-86)99(126-72-82-52-28-11-29-53-82)102(132-104(115)85-58-34-14-35-59-85)108(137-110)128-74-84-56-32-13-33-57-84/h6-65,89-103,106-110,112-114H,66-76H2,1-5H3/t89?,90?,91?,92?,93?,94-,95-,96-,97+,98+,99?,100+,101?,102+,103?,106+,107-,108-,109+,110+/m1/s1. The molecule has 0 aliphatic carbocycles. The van der Waals surface area contributed by atoms with E-state index < -0.39 is 181 Å². The number of nitrogens with one attached hydrogen (secondary N) is 2. The first-order chi connectivity index (χ1) is 68.6. The first-order valence-electron chi connectivity index (χ1n) is 47.3. The first kappa shape index (κ1) is 103. The Hall–Kier alpha value is -11.1. The van der Waals surface area contributed by atoms with Crippen LogP contribution in [0.3, 0.4) is 0 Å². The molecule has 4 fully saturated rings. The van der Waals surface area contributed by atoms with Gasteiger partial charge in [0, 0.05) is 0 Å². The Morgan fingerprint density at radius 1 is 0.298 bits per heavy atom. The van der Waals surface area contributed by atoms with Crippen LogP contribution in [0.2, 0.25) is 18.1 Å². The molecule has 12 aromatic rings. The van der Waals surface area contributed by atoms with Crippen LogP contribution in [0.25, 0.3) is 0 Å². The molecule has 0 amide bonds. The highest BCUT2D eigenvalue weighted by Crippen LogP contribution is 2.44. The Bertz CT molecular complexity index is 6030. The molecule has 141 heavy (non-hydrogen) atoms. The number of carbonyl (C=O) groups is 2. The van der Waals surface area contributed by atoms with E-state index in [-0.39, 0.29) is 80.4 Å². The summed E-state index contributed by atoms with van der Waals surface area (Å²) >= 11 is 0. The van der Waals surface area contributed by atoms with Crippen molar-refractivity contribution >= 4 is 40.3 Å². The zero-order valence-electron chi connectivity index (χ0n) is 79.0. The van der Waals surface area contributed by atoms with Gasteiger partial charge in [-0.05, 0) is 111 Å². The van der Waals surface area contributed by atoms with Gasteiger partial charge in [-0.1, -0.05) is 336 Å². The molecule has 12 aromatic carbocycles. The lowest BCUT2D eigenvalue weighted by Gasteiger charge is -2.53. The van der Waals surface area contributed by atoms with Gasteiger partial charge in [-0.3, -0.25) is 0 Å². The molecule has 4 aliphatic heterocycles. The van der Waals surface area contributed by atoms with Crippen molar-refractivity contribution in [1.29, 1.82) is 0 Å². The molecule has 30 heteroatoms. The lowest BCUT2D eigenvalue weighted by atomic mass is 9.94. The van der Waals surface area contributed by atoms with Crippen LogP contribution in [-0.2, 0) is 158 Å². The summed E-state index contributed by atoms with van der Waals surface area (Å²) in [6.45, 7) is 7.61. The largest absolute Gasteiger partial charge is 0.450 e. The zero-order chi connectivity index (χ0) is 98.0. The number of benzene rings is 12. The van der Waals surface area contributed by atoms with Gasteiger partial charge < -0.3 is 90.1 Å². The summed E-state index contributed by atoms with van der Waals surface area (Å²) in [6.07, 6.45) is -29.0. The maximum absolute atomic E-state index is 16.2. The fraction of sp³-hybridized carbons (Fsp3) is 0.333. The fourth-order valence-electron chi connectivity index (χ4n) is 16.9. The number of rotatable bonds is 45. The minimum absolute atomic E-state index is 0.0361. The van der Waals surface area contributed by atoms with Crippen molar-refractivity contribution < 1.29 is 116 Å². The van der Waals surface area contributed by atoms with Crippen LogP contribution in [-0.4, -0.2) is 185 Å². The van der Waals surface area contributed by atoms with Gasteiger partial charge in [0.15, 0.2) is 39.4 Å². The Kier molecular flexibility index (Phi) is 36.3. The number of sulfonamides is 2. The van der Waals surface area contributed by atoms with E-state index in [4.69, 9.17) is 85.0 Å². The lowest BCUT2D eigenvalue weighted by molar-refractivity contribution is -0.402. The Balaban J connectivity index is 0.879. The summed E-state index contributed by atoms with van der Waals surface area (Å²) in [4.78, 5) is 30.2. The van der Waals surface area contributed by atoms with Gasteiger partial charge in [0.2, 0.25) is 32.6 Å². The summed E-state index contributed by atoms with van der Waals surface area (Å²) in [5, 5.41) is 12.0. The van der Waals surface area contributed by atoms with Gasteiger partial charge >= 0.3 is 11.9 Å². The van der Waals surface area contributed by atoms with Crippen LogP contribution < -0.4 is 9.44 Å². The summed E-state index contributed by atoms with van der Waals surface area (Å²) in [6, 6.07) is 103. The summed E-state index contributed by atoms with van der Waals surface area (Å²) < 4.78 is 201. The second-order valence-electron chi connectivity index (χ2n) is 36.4. The average Bonchev–Trinajstić information content (AvgIpc) is 0.751. The van der Waals surface area contributed by atoms with Crippen molar-refractivity contribution in [2.24, 2.45) is 0 Å². The van der Waals surface area contributed by atoms with Crippen LogP contribution >= 0.6 is 0 Å². The first-order valence-corrected chi connectivity index (χ1v) is 53.1. The highest BCUT2D eigenvalue weighted by molar-refractivity contribution is 7.89. The van der Waals surface area contributed by atoms with Gasteiger partial charge in [-0.15, -0.1) is 0 Å². The number of carbonyl (C=O) groups excluding carboxylic acids is 2. The van der Waals surface area contributed by atoms with Gasteiger partial charge in [0.1, 0.15) is 79.2 Å². The van der Waals surface area contributed by atoms with E-state index in [1.165, 1.54) is 24.3 Å². The predicted octanol–water partition coefficient (Wildman–Crippen LogP) is 16.7. The van der Waals surface area contributed by atoms with Crippen LogP contribution in [0.4, 0.5) is 0 Å². The molecular formula is C111H120N2O25S2Si. The topological polar surface area (TPSA) is 313 Å². The number of aliphatic hydroxyl groups is 1. The molecule has 740 valence electrons. The maximum atomic E-state index is 16.2. The van der Waals surface area contributed by atoms with Gasteiger partial charge in [-0.25, -0.2) is 35.9 Å². The molecule has 0 saturated carbocycles. The highest BCUT2D eigenvalue weighted by Gasteiger charge is 2.61. The molecule has 0 radical (unpaired) electrons. The molecule has 0 aromatic heterocycles. The van der Waals surface area contributed by atoms with Crippen molar-refractivity contribution in [3.8, 4) is 0 Å². The third-order valence-corrected chi connectivity index (χ3v) is 32.7. The molecule has 8 unspecified atom stereocenters. The van der Waals surface area contributed by atoms with Crippen molar-refractivity contribution in [1.82, 2.24) is 9.44 Å². The predicted molar refractivity (Wildman–Crippen MR) is 526 cm³/mol. The molecule has 4 heterocycles. The quantitative estimate of drug-likeness (QED) is 0.0236. The fourth-order valence-corrected chi connectivity index (χ4v) is 20.5. The van der Waals surface area contributed by atoms with E-state index in [0.717, 1.165) is 11.1 Å². The molecule has 4 aliphatic rings. The van der Waals surface area contributed by atoms with Crippen molar-refractivity contribution in [3.05, 3.63) is 420 Å². The second kappa shape index (κ2) is 49.8. The molecule has 3 N–H and O–H groups in total. The SMILES string of the molecule is CC(C)(C)[Si](C)(C)O[C@H]1OC(COCc2ccccc2)[C@@H](O[C@@H]2OC(COCc3ccccc3)[C@@H](O[C@@H]3OC(CO)[C@@H](OCc4ccccc4)[C@H](O[C@H]4O[C@@H](OCc5ccccc5)[C@@H](OC(=O)c5ccccc5)C(OCc5ccccc5)C4OC(=O)c4ccccc4)C3OCc3ccccc3)[C@@H](OCc3ccccc3)C2NS(=O)(=O)c2ccccc2)[C@@H](OCc2ccccc2)C1NS(=O)(=O)c1ccccc1. The maximum Gasteiger partial charge on any atom is 0.338 e. The van der Waals surface area contributed by atoms with Crippen molar-refractivity contribution in [2.75, 3.05) is 19.8 Å². The van der Waals surface area contributed by atoms with E-state index in [0.29, 0.717) is 33.4 Å². The van der Waals surface area contributed by atoms with Crippen LogP contribution in [0.1, 0.15) is 86.0 Å². The molecule has 20 atom stereocenters. The Labute approximate surface area is 825 Å². The van der Waals surface area contributed by atoms with E-state index in [9.17, 15) is 5.11 Å². The van der Waals surface area contributed by atoms with Crippen molar-refractivity contribution in [3.63, 3.8) is 0 Å². The molecule has 0 bridgehead atoms. The molecular weight excluding hydrogens is 1850 g/mol. The summed E-state index contributed by atoms with van der Waals surface area (Å²) in [5.41, 5.74) is 5.79. The van der Waals surface area contributed by atoms with Crippen LogP contribution in [0.15, 0.2) is 374 Å². The molecule has 16 rings (SSSR count). The third-order valence-electron chi connectivity index (χ3n) is 25.3. The lowest BCUT2D eigenvalue weighted by Crippen LogP contribution is -2.71. The Morgan fingerprint density at radius 3 is 0.936 bits per heavy atom. The minimum atomic E-state index is -4.83. The zero-order valence-corrected chi connectivity index (χ0v) is 81.7. The van der Waals surface area contributed by atoms with Crippen molar-refractivity contribution in [2.45, 2.75) is 224 Å². The van der Waals surface area contributed by atoms with Gasteiger partial charge in [-0.2, -0.15) is 0 Å². The normalized spacial score (nSPS) is 25.0. The van der Waals surface area contributed by atoms with Crippen LogP contribution in [0, 0.1) is 0 Å². The smallest absolute Gasteiger partial charge is 0.338 e. The molecule has 0 spiro atoms. The number of hydrogen-bond donors (Lipinski definition) is 3. The van der Waals surface area contributed by atoms with Gasteiger partial charge in [0.25, 0.3) is 0 Å². The summed E-state index contributed by atoms with van der Waals surface area (Å²) in [7, 11) is -12.5. The van der Waals surface area contributed by atoms with Crippen LogP contribution in [0.5, 0.6) is 0 Å².